The Kier molecular flexibility index (Phi) is 4.54. The predicted molar refractivity (Wildman–Crippen MR) is 79.0 cm³/mol. The lowest BCUT2D eigenvalue weighted by molar-refractivity contribution is 0.100. The predicted octanol–water partition coefficient (Wildman–Crippen LogP) is 2.17. The molecule has 2 aromatic rings. The minimum absolute atomic E-state index is 0.409. The van der Waals surface area contributed by atoms with Gasteiger partial charge in [-0.1, -0.05) is 6.07 Å². The van der Waals surface area contributed by atoms with Crippen molar-refractivity contribution in [1.29, 1.82) is 5.26 Å². The van der Waals surface area contributed by atoms with Crippen molar-refractivity contribution in [3.05, 3.63) is 59.2 Å². The second kappa shape index (κ2) is 6.55. The average molecular weight is 281 g/mol. The highest BCUT2D eigenvalue weighted by molar-refractivity contribution is 5.92. The van der Waals surface area contributed by atoms with E-state index in [0.29, 0.717) is 29.2 Å². The monoisotopic (exact) mass is 281 g/mol. The summed E-state index contributed by atoms with van der Waals surface area (Å²) in [6, 6.07) is 14.0. The Morgan fingerprint density at radius 2 is 2.00 bits per heavy atom. The molecule has 0 heterocycles. The normalized spacial score (nSPS) is 9.90. The van der Waals surface area contributed by atoms with E-state index in [2.05, 4.69) is 11.4 Å². The third-order valence-corrected chi connectivity index (χ3v) is 2.91. The first-order valence-corrected chi connectivity index (χ1v) is 6.39. The fourth-order valence-corrected chi connectivity index (χ4v) is 1.88. The van der Waals surface area contributed by atoms with Crippen LogP contribution in [0.4, 0.5) is 0 Å². The van der Waals surface area contributed by atoms with Gasteiger partial charge >= 0.3 is 0 Å². The molecule has 21 heavy (non-hydrogen) atoms. The molecule has 0 atom stereocenters. The van der Waals surface area contributed by atoms with Crippen LogP contribution in [0, 0.1) is 11.3 Å². The molecule has 106 valence electrons. The molecule has 2 aromatic carbocycles. The smallest absolute Gasteiger partial charge is 0.248 e. The summed E-state index contributed by atoms with van der Waals surface area (Å²) in [4.78, 5) is 11.0. The summed E-state index contributed by atoms with van der Waals surface area (Å²) in [5.74, 6) is 0.526. The highest BCUT2D eigenvalue weighted by Crippen LogP contribution is 2.26. The van der Waals surface area contributed by atoms with Crippen LogP contribution in [0.15, 0.2) is 42.5 Å². The minimum atomic E-state index is -0.490. The van der Waals surface area contributed by atoms with Gasteiger partial charge in [-0.25, -0.2) is 0 Å². The zero-order chi connectivity index (χ0) is 15.2. The third kappa shape index (κ3) is 3.59. The molecule has 5 heteroatoms. The van der Waals surface area contributed by atoms with Crippen molar-refractivity contribution in [2.75, 3.05) is 7.05 Å². The van der Waals surface area contributed by atoms with E-state index in [-0.39, 0.29) is 0 Å². The first-order chi connectivity index (χ1) is 10.1. The van der Waals surface area contributed by atoms with Crippen molar-refractivity contribution >= 4 is 5.91 Å². The molecule has 0 bridgehead atoms. The summed E-state index contributed by atoms with van der Waals surface area (Å²) >= 11 is 0. The van der Waals surface area contributed by atoms with Gasteiger partial charge in [0.25, 0.3) is 0 Å². The molecule has 0 radical (unpaired) electrons. The van der Waals surface area contributed by atoms with E-state index in [4.69, 9.17) is 10.5 Å². The van der Waals surface area contributed by atoms with Gasteiger partial charge in [-0.2, -0.15) is 5.26 Å². The van der Waals surface area contributed by atoms with Gasteiger partial charge in [0.15, 0.2) is 0 Å². The number of carbonyl (C=O) groups is 1. The van der Waals surface area contributed by atoms with Gasteiger partial charge in [-0.05, 0) is 49.0 Å². The molecular formula is C16H15N3O2. The molecular weight excluding hydrogens is 266 g/mol. The highest BCUT2D eigenvalue weighted by atomic mass is 16.5. The van der Waals surface area contributed by atoms with E-state index in [1.54, 1.807) is 36.4 Å². The summed E-state index contributed by atoms with van der Waals surface area (Å²) in [5, 5.41) is 12.2. The maximum absolute atomic E-state index is 11.0. The van der Waals surface area contributed by atoms with Crippen LogP contribution < -0.4 is 15.8 Å². The molecule has 5 nitrogen and oxygen atoms in total. The molecule has 0 aliphatic heterocycles. The molecule has 2 rings (SSSR count). The average Bonchev–Trinajstić information content (AvgIpc) is 2.49. The minimum Gasteiger partial charge on any atom is -0.456 e. The molecule has 1 amide bonds. The van der Waals surface area contributed by atoms with E-state index in [0.717, 1.165) is 5.56 Å². The van der Waals surface area contributed by atoms with Crippen LogP contribution >= 0.6 is 0 Å². The molecule has 0 saturated carbocycles. The van der Waals surface area contributed by atoms with Crippen LogP contribution in [0.3, 0.4) is 0 Å². The maximum Gasteiger partial charge on any atom is 0.248 e. The zero-order valence-corrected chi connectivity index (χ0v) is 11.6. The van der Waals surface area contributed by atoms with Gasteiger partial charge in [-0.15, -0.1) is 0 Å². The maximum atomic E-state index is 11.0. The van der Waals surface area contributed by atoms with Crippen molar-refractivity contribution in [2.24, 2.45) is 5.73 Å². The third-order valence-electron chi connectivity index (χ3n) is 2.91. The molecule has 3 N–H and O–H groups in total. The standard InChI is InChI=1S/C16H15N3O2/c1-19-10-11-2-7-15(13(8-11)9-17)21-14-5-3-12(4-6-14)16(18)20/h2-8,19H,10H2,1H3,(H2,18,20). The fourth-order valence-electron chi connectivity index (χ4n) is 1.88. The molecule has 0 aromatic heterocycles. The Bertz CT molecular complexity index is 688. The number of hydrogen-bond acceptors (Lipinski definition) is 4. The van der Waals surface area contributed by atoms with Gasteiger partial charge in [0.05, 0.1) is 5.56 Å². The number of nitriles is 1. The molecule has 0 fully saturated rings. The largest absolute Gasteiger partial charge is 0.456 e. The van der Waals surface area contributed by atoms with Gasteiger partial charge in [-0.3, -0.25) is 4.79 Å². The molecule has 0 aliphatic rings. The van der Waals surface area contributed by atoms with Gasteiger partial charge in [0.2, 0.25) is 5.91 Å². The summed E-state index contributed by atoms with van der Waals surface area (Å²) in [5.41, 5.74) is 7.05. The topological polar surface area (TPSA) is 88.1 Å². The number of ether oxygens (including phenoxy) is 1. The first kappa shape index (κ1) is 14.6. The number of benzene rings is 2. The Labute approximate surface area is 123 Å². The SMILES string of the molecule is CNCc1ccc(Oc2ccc(C(N)=O)cc2)c(C#N)c1. The van der Waals surface area contributed by atoms with Gasteiger partial charge in [0.1, 0.15) is 17.6 Å². The molecule has 0 saturated heterocycles. The summed E-state index contributed by atoms with van der Waals surface area (Å²) in [7, 11) is 1.84. The number of amides is 1. The number of primary amides is 1. The van der Waals surface area contributed by atoms with Crippen LogP contribution in [0.1, 0.15) is 21.5 Å². The lowest BCUT2D eigenvalue weighted by Crippen LogP contribution is -2.10. The number of carbonyl (C=O) groups excluding carboxylic acids is 1. The van der Waals surface area contributed by atoms with Gasteiger partial charge in [0, 0.05) is 12.1 Å². The van der Waals surface area contributed by atoms with Crippen LogP contribution in [-0.2, 0) is 6.54 Å². The Hall–Kier alpha value is -2.84. The quantitative estimate of drug-likeness (QED) is 0.879. The van der Waals surface area contributed by atoms with Crippen LogP contribution in [0.2, 0.25) is 0 Å². The lowest BCUT2D eigenvalue weighted by atomic mass is 10.1. The lowest BCUT2D eigenvalue weighted by Gasteiger charge is -2.09. The van der Waals surface area contributed by atoms with Crippen molar-refractivity contribution in [2.45, 2.75) is 6.54 Å². The van der Waals surface area contributed by atoms with E-state index in [1.165, 1.54) is 0 Å². The van der Waals surface area contributed by atoms with Crippen LogP contribution in [0.5, 0.6) is 11.5 Å². The van der Waals surface area contributed by atoms with Crippen molar-refractivity contribution < 1.29 is 9.53 Å². The van der Waals surface area contributed by atoms with E-state index in [9.17, 15) is 10.1 Å². The highest BCUT2D eigenvalue weighted by Gasteiger charge is 2.07. The fraction of sp³-hybridized carbons (Fsp3) is 0.125. The zero-order valence-electron chi connectivity index (χ0n) is 11.6. The second-order valence-corrected chi connectivity index (χ2v) is 4.46. The van der Waals surface area contributed by atoms with Crippen LogP contribution in [0.25, 0.3) is 0 Å². The number of nitrogens with one attached hydrogen (secondary N) is 1. The van der Waals surface area contributed by atoms with Crippen molar-refractivity contribution in [3.63, 3.8) is 0 Å². The summed E-state index contributed by atoms with van der Waals surface area (Å²) < 4.78 is 5.67. The number of nitrogens with two attached hydrogens (primary N) is 1. The van der Waals surface area contributed by atoms with E-state index >= 15 is 0 Å². The first-order valence-electron chi connectivity index (χ1n) is 6.39. The molecule has 0 spiro atoms. The molecule has 0 aliphatic carbocycles. The van der Waals surface area contributed by atoms with Gasteiger partial charge < -0.3 is 15.8 Å². The Balaban J connectivity index is 2.22. The van der Waals surface area contributed by atoms with E-state index < -0.39 is 5.91 Å². The van der Waals surface area contributed by atoms with Crippen LogP contribution in [-0.4, -0.2) is 13.0 Å². The number of rotatable bonds is 5. The number of hydrogen-bond donors (Lipinski definition) is 2. The second-order valence-electron chi connectivity index (χ2n) is 4.46. The van der Waals surface area contributed by atoms with Crippen molar-refractivity contribution in [1.82, 2.24) is 5.32 Å². The summed E-state index contributed by atoms with van der Waals surface area (Å²) in [6.07, 6.45) is 0. The van der Waals surface area contributed by atoms with E-state index in [1.807, 2.05) is 13.1 Å². The molecule has 0 unspecified atom stereocenters. The Morgan fingerprint density at radius 1 is 1.29 bits per heavy atom. The Morgan fingerprint density at radius 3 is 2.57 bits per heavy atom. The van der Waals surface area contributed by atoms with Crippen molar-refractivity contribution in [3.8, 4) is 17.6 Å². The number of nitrogens with zero attached hydrogens (tertiary/aromatic N) is 1. The summed E-state index contributed by atoms with van der Waals surface area (Å²) in [6.45, 7) is 0.683.